The van der Waals surface area contributed by atoms with E-state index in [9.17, 15) is 166 Å². The number of aliphatic hydroxyl groups excluding tert-OH is 26. The van der Waals surface area contributed by atoms with Crippen molar-refractivity contribution in [3.05, 3.63) is 0 Å². The van der Waals surface area contributed by atoms with Crippen molar-refractivity contribution < 1.29 is 238 Å². The third-order valence-corrected chi connectivity index (χ3v) is 25.5. The SMILES string of the molecule is O=C(O)CCCCCNC(=O)CN(CC(=O)NCCCCCC(=O)NCCO[C@H]1O[C@H](CO[C@H]2O[C@H](CO)[C@@H](O)[C@H](O)[C@@H]2O)[C@@H](O)[C@H](O[C@H]2O[C@H](CO)[C@@H](O)[C@H](O)[C@@H]2O)[C@@H]1O)CC(=O)N[C@@H](CCC(=O)NCCCCCCN(CCO[C@H]1O[C@H](CO)[C@@H](O)[C@H](O)[C@@H]1O)CCO[C@H]1O[C@H](CO)[C@@H](O)[C@H](O)[C@@H]1O)C(=O)NCCCCCCN(CCO[C@H]1O[C@H](CO)[C@@H](O)[C@H](O)[C@@H]1O)CCO[C@H]1O[C@H](CO)[C@@H](O)[C@H](O)[C@@H]1O. The van der Waals surface area contributed by atoms with E-state index < -0.39 is 328 Å². The molecule has 7 rings (SSSR count). The van der Waals surface area contributed by atoms with Crippen molar-refractivity contribution in [3.8, 4) is 0 Å². The third-order valence-electron chi connectivity index (χ3n) is 25.5. The molecule has 0 radical (unpaired) electrons. The molecule has 57 heteroatoms. The monoisotopic (exact) mass is 2100 g/mol. The van der Waals surface area contributed by atoms with Crippen molar-refractivity contribution in [2.75, 3.05) is 171 Å². The molecule has 0 aromatic heterocycles. The maximum absolute atomic E-state index is 14.3. The van der Waals surface area contributed by atoms with Gasteiger partial charge in [-0.3, -0.25) is 48.3 Å². The van der Waals surface area contributed by atoms with E-state index in [0.29, 0.717) is 96.6 Å². The van der Waals surface area contributed by atoms with E-state index in [1.165, 1.54) is 4.90 Å². The molecule has 7 heterocycles. The minimum Gasteiger partial charge on any atom is -0.481 e. The van der Waals surface area contributed by atoms with Gasteiger partial charge in [0.15, 0.2) is 44.0 Å². The number of amides is 6. The van der Waals surface area contributed by atoms with Crippen LogP contribution in [-0.2, 0) is 99.9 Å². The minimum absolute atomic E-state index is 0.0427. The quantitative estimate of drug-likeness (QED) is 0.0251. The second kappa shape index (κ2) is 66.4. The number of unbranched alkanes of at least 4 members (excludes halogenated alkanes) is 10. The van der Waals surface area contributed by atoms with Crippen LogP contribution in [0, 0.1) is 0 Å². The van der Waals surface area contributed by atoms with Gasteiger partial charge in [-0.1, -0.05) is 38.5 Å². The molecule has 7 fully saturated rings. The summed E-state index contributed by atoms with van der Waals surface area (Å²) in [4.78, 5) is 98.6. The molecule has 7 aliphatic rings. The number of nitrogens with one attached hydrogen (secondary N) is 6. The van der Waals surface area contributed by atoms with Gasteiger partial charge in [0.2, 0.25) is 35.4 Å². The Bertz CT molecular complexity index is 3530. The van der Waals surface area contributed by atoms with Gasteiger partial charge >= 0.3 is 5.97 Å². The number of hydrogen-bond acceptors (Lipinski definition) is 50. The molecule has 7 saturated heterocycles. The standard InChI is InChI=1S/C87H157N9O48/c97-38-46-59(110)66(117)72(123)81(137-46)132-31-26-94(27-32-133-82-73(124)67(118)60(111)47(39-98)138-82)24-13-3-1-9-19-88-54(104)18-17-45(80(130)92-22-10-2-4-14-25-95(28-33-134-83-74(125)68(119)61(112)48(40-99)139-83)29-34-135-84-75(126)69(120)62(113)49(41-100)140-84)93-57(107)37-96(36-56(106)90-21-12-6-8-16-58(108)109)35-55(105)89-20-11-5-7-15-53(103)91-23-30-131-86-78(129)79(144-87-77(128)71(122)64(115)51(43-102)142-87)65(116)52(143-86)44-136-85-76(127)70(121)63(114)50(42-101)141-85/h45-52,59-79,81-87,97-102,110-129H,1-44H2,(H,88,104)(H,89,105)(H,90,106)(H,91,103)(H,92,130)(H,93,107)(H,108,109)/t45-,46+,47+,48+,49+,50+,51+,52+,59+,60+,61+,62+,63+,64+,65+,66-,67-,68-,69-,70-,71-,72-,73-,74-,75-,76-,77-,78-,79-,81-,82-,83-,84-,85-,86-,87+/m0/s1. The average molecular weight is 2100 g/mol. The normalized spacial score (nSPS) is 34.5. The molecule has 6 amide bonds. The van der Waals surface area contributed by atoms with E-state index in [0.717, 1.165) is 0 Å². The van der Waals surface area contributed by atoms with Crippen molar-refractivity contribution in [1.82, 2.24) is 46.6 Å². The number of rotatable bonds is 68. The van der Waals surface area contributed by atoms with Gasteiger partial charge < -0.3 is 236 Å². The van der Waals surface area contributed by atoms with E-state index in [2.05, 4.69) is 31.9 Å². The van der Waals surface area contributed by atoms with Crippen LogP contribution in [0.1, 0.15) is 116 Å². The molecular formula is C87H157N9O48. The first-order chi connectivity index (χ1) is 68.8. The number of aliphatic hydroxyl groups is 26. The summed E-state index contributed by atoms with van der Waals surface area (Å²) >= 11 is 0. The predicted octanol–water partition coefficient (Wildman–Crippen LogP) is -17.2. The smallest absolute Gasteiger partial charge is 0.303 e. The molecule has 0 aromatic carbocycles. The summed E-state index contributed by atoms with van der Waals surface area (Å²) in [6.45, 7) is -6.32. The maximum Gasteiger partial charge on any atom is 0.303 e. The Morgan fingerprint density at radius 1 is 0.257 bits per heavy atom. The lowest BCUT2D eigenvalue weighted by Gasteiger charge is -2.46. The predicted molar refractivity (Wildman–Crippen MR) is 481 cm³/mol. The summed E-state index contributed by atoms with van der Waals surface area (Å²) in [7, 11) is 0. The second-order valence-electron chi connectivity index (χ2n) is 36.5. The molecule has 0 aromatic rings. The lowest BCUT2D eigenvalue weighted by Crippen LogP contribution is -2.65. The van der Waals surface area contributed by atoms with E-state index in [-0.39, 0.29) is 124 Å². The second-order valence-corrected chi connectivity index (χ2v) is 36.5. The Kier molecular flexibility index (Phi) is 57.9. The highest BCUT2D eigenvalue weighted by Crippen LogP contribution is 2.33. The Balaban J connectivity index is 0.941. The molecule has 33 N–H and O–H groups in total. The molecule has 0 aliphatic carbocycles. The van der Waals surface area contributed by atoms with Gasteiger partial charge in [0.25, 0.3) is 0 Å². The highest BCUT2D eigenvalue weighted by atomic mass is 16.8. The number of ether oxygens (including phenoxy) is 14. The van der Waals surface area contributed by atoms with Crippen LogP contribution in [0.5, 0.6) is 0 Å². The minimum atomic E-state index is -2.00. The molecule has 0 spiro atoms. The number of hydrogen-bond donors (Lipinski definition) is 33. The summed E-state index contributed by atoms with van der Waals surface area (Å²) < 4.78 is 78.5. The van der Waals surface area contributed by atoms with Crippen molar-refractivity contribution >= 4 is 41.4 Å². The highest BCUT2D eigenvalue weighted by Gasteiger charge is 2.54. The number of carbonyl (C=O) groups excluding carboxylic acids is 6. The molecule has 144 heavy (non-hydrogen) atoms. The van der Waals surface area contributed by atoms with Gasteiger partial charge in [-0.25, -0.2) is 0 Å². The lowest BCUT2D eigenvalue weighted by atomic mass is 9.96. The molecule has 57 nitrogen and oxygen atoms in total. The van der Waals surface area contributed by atoms with Crippen molar-refractivity contribution in [2.24, 2.45) is 0 Å². The summed E-state index contributed by atoms with van der Waals surface area (Å²) in [5, 5.41) is 294. The third kappa shape index (κ3) is 40.3. The fourth-order valence-electron chi connectivity index (χ4n) is 16.8. The largest absolute Gasteiger partial charge is 0.481 e. The Morgan fingerprint density at radius 3 is 0.924 bits per heavy atom. The summed E-state index contributed by atoms with van der Waals surface area (Å²) in [5.41, 5.74) is 0. The van der Waals surface area contributed by atoms with Crippen molar-refractivity contribution in [2.45, 2.75) is 337 Å². The molecule has 0 bridgehead atoms. The van der Waals surface area contributed by atoms with Crippen LogP contribution >= 0.6 is 0 Å². The van der Waals surface area contributed by atoms with Gasteiger partial charge in [0.1, 0.15) is 177 Å². The van der Waals surface area contributed by atoms with Gasteiger partial charge in [-0.05, 0) is 70.9 Å². The van der Waals surface area contributed by atoms with Gasteiger partial charge in [-0.2, -0.15) is 0 Å². The summed E-state index contributed by atoms with van der Waals surface area (Å²) in [5.74, 6) is -4.82. The van der Waals surface area contributed by atoms with Crippen LogP contribution in [0.2, 0.25) is 0 Å². The van der Waals surface area contributed by atoms with Crippen LogP contribution in [-0.4, -0.2) is 586 Å². The van der Waals surface area contributed by atoms with Crippen molar-refractivity contribution in [1.29, 1.82) is 0 Å². The van der Waals surface area contributed by atoms with Crippen molar-refractivity contribution in [3.63, 3.8) is 0 Å². The first-order valence-corrected chi connectivity index (χ1v) is 49.0. The fourth-order valence-corrected chi connectivity index (χ4v) is 16.8. The Hall–Kier alpha value is -5.43. The Morgan fingerprint density at radius 2 is 0.549 bits per heavy atom. The molecule has 838 valence electrons. The first kappa shape index (κ1) is 125. The molecule has 0 unspecified atom stereocenters. The Labute approximate surface area is 830 Å². The number of carbonyl (C=O) groups is 7. The molecular weight excluding hydrogens is 1940 g/mol. The maximum atomic E-state index is 14.3. The molecule has 36 atom stereocenters. The zero-order chi connectivity index (χ0) is 106. The summed E-state index contributed by atoms with van der Waals surface area (Å²) in [6, 6.07) is -1.39. The molecule has 0 saturated carbocycles. The van der Waals surface area contributed by atoms with Crippen LogP contribution in [0.4, 0.5) is 0 Å². The zero-order valence-electron chi connectivity index (χ0n) is 80.4. The van der Waals surface area contributed by atoms with Gasteiger partial charge in [0.05, 0.1) is 98.9 Å². The van der Waals surface area contributed by atoms with Crippen LogP contribution in [0.15, 0.2) is 0 Å². The summed E-state index contributed by atoms with van der Waals surface area (Å²) in [6.07, 6.45) is -52.1. The average Bonchev–Trinajstić information content (AvgIpc) is 0.776. The van der Waals surface area contributed by atoms with E-state index >= 15 is 0 Å². The highest BCUT2D eigenvalue weighted by molar-refractivity contribution is 5.90. The van der Waals surface area contributed by atoms with E-state index in [4.69, 9.17) is 71.4 Å². The van der Waals surface area contributed by atoms with Gasteiger partial charge in [-0.15, -0.1) is 0 Å². The van der Waals surface area contributed by atoms with Crippen LogP contribution in [0.25, 0.3) is 0 Å². The topological polar surface area (TPSA) is 877 Å². The fraction of sp³-hybridized carbons (Fsp3) is 0.920. The number of carboxylic acids is 1. The van der Waals surface area contributed by atoms with Crippen LogP contribution in [0.3, 0.4) is 0 Å². The van der Waals surface area contributed by atoms with E-state index in [1.807, 2.05) is 9.80 Å². The number of carboxylic acid groups (broad SMARTS) is 1. The number of nitrogens with zero attached hydrogens (tertiary/aromatic N) is 3. The zero-order valence-corrected chi connectivity index (χ0v) is 80.4. The number of aliphatic carboxylic acids is 1. The molecule has 7 aliphatic heterocycles. The van der Waals surface area contributed by atoms with E-state index in [1.54, 1.807) is 0 Å². The lowest BCUT2D eigenvalue weighted by molar-refractivity contribution is -0.366. The first-order valence-electron chi connectivity index (χ1n) is 49.0. The van der Waals surface area contributed by atoms with Gasteiger partial charge in [0, 0.05) is 78.2 Å². The van der Waals surface area contributed by atoms with Crippen LogP contribution < -0.4 is 31.9 Å².